The number of rotatable bonds is 2. The largest absolute Gasteiger partial charge is 0.392 e. The van der Waals surface area contributed by atoms with Gasteiger partial charge in [0.05, 0.1) is 29.5 Å². The van der Waals surface area contributed by atoms with Crippen molar-refractivity contribution in [3.05, 3.63) is 53.6 Å². The van der Waals surface area contributed by atoms with E-state index in [0.29, 0.717) is 0 Å². The molecule has 1 aromatic carbocycles. The molecule has 1 N–H and O–H groups in total. The van der Waals surface area contributed by atoms with Gasteiger partial charge in [-0.1, -0.05) is 0 Å². The molecule has 0 aliphatic rings. The first-order chi connectivity index (χ1) is 9.20. The number of hydrogen-bond acceptors (Lipinski definition) is 3. The SMILES string of the molecule is Cc1cc2ncn(-c3cnccc3CO)c2cc1C. The van der Waals surface area contributed by atoms with Gasteiger partial charge in [-0.3, -0.25) is 9.55 Å². The number of aromatic nitrogens is 3. The summed E-state index contributed by atoms with van der Waals surface area (Å²) in [5.74, 6) is 0. The van der Waals surface area contributed by atoms with E-state index in [1.807, 2.05) is 10.6 Å². The molecule has 0 bridgehead atoms. The second-order valence-electron chi connectivity index (χ2n) is 4.70. The number of imidazole rings is 1. The van der Waals surface area contributed by atoms with Crippen molar-refractivity contribution >= 4 is 11.0 Å². The molecule has 19 heavy (non-hydrogen) atoms. The summed E-state index contributed by atoms with van der Waals surface area (Å²) >= 11 is 0. The second kappa shape index (κ2) is 4.48. The number of pyridine rings is 1. The summed E-state index contributed by atoms with van der Waals surface area (Å²) in [5, 5.41) is 9.43. The van der Waals surface area contributed by atoms with E-state index in [-0.39, 0.29) is 6.61 Å². The fourth-order valence-corrected chi connectivity index (χ4v) is 2.22. The molecule has 0 saturated heterocycles. The quantitative estimate of drug-likeness (QED) is 0.763. The highest BCUT2D eigenvalue weighted by atomic mass is 16.3. The third-order valence-corrected chi connectivity index (χ3v) is 3.48. The summed E-state index contributed by atoms with van der Waals surface area (Å²) < 4.78 is 1.97. The van der Waals surface area contributed by atoms with Gasteiger partial charge in [0, 0.05) is 11.8 Å². The molecule has 3 rings (SSSR count). The number of aliphatic hydroxyl groups is 1. The van der Waals surface area contributed by atoms with Crippen molar-refractivity contribution < 1.29 is 5.11 Å². The van der Waals surface area contributed by atoms with Gasteiger partial charge in [-0.15, -0.1) is 0 Å². The standard InChI is InChI=1S/C15H15N3O/c1-10-5-13-14(6-11(10)2)18(9-17-13)15-7-16-4-3-12(15)8-19/h3-7,9,19H,8H2,1-2H3. The van der Waals surface area contributed by atoms with Gasteiger partial charge in [-0.2, -0.15) is 0 Å². The molecule has 0 spiro atoms. The van der Waals surface area contributed by atoms with Gasteiger partial charge in [0.25, 0.3) is 0 Å². The fraction of sp³-hybridized carbons (Fsp3) is 0.200. The van der Waals surface area contributed by atoms with Crippen LogP contribution < -0.4 is 0 Å². The maximum atomic E-state index is 9.43. The third kappa shape index (κ3) is 1.90. The summed E-state index contributed by atoms with van der Waals surface area (Å²) in [7, 11) is 0. The molecular formula is C15H15N3O. The van der Waals surface area contributed by atoms with Crippen molar-refractivity contribution in [3.63, 3.8) is 0 Å². The van der Waals surface area contributed by atoms with Crippen LogP contribution in [0.2, 0.25) is 0 Å². The van der Waals surface area contributed by atoms with Crippen molar-refractivity contribution in [2.75, 3.05) is 0 Å². The van der Waals surface area contributed by atoms with Crippen LogP contribution in [-0.2, 0) is 6.61 Å². The van der Waals surface area contributed by atoms with E-state index < -0.39 is 0 Å². The first kappa shape index (κ1) is 11.9. The maximum absolute atomic E-state index is 9.43. The number of fused-ring (bicyclic) bond motifs is 1. The molecule has 0 amide bonds. The minimum atomic E-state index is -0.0115. The monoisotopic (exact) mass is 253 g/mol. The highest BCUT2D eigenvalue weighted by Crippen LogP contribution is 2.23. The molecule has 96 valence electrons. The van der Waals surface area contributed by atoms with Crippen molar-refractivity contribution in [3.8, 4) is 5.69 Å². The second-order valence-corrected chi connectivity index (χ2v) is 4.70. The Labute approximate surface area is 111 Å². The van der Waals surface area contributed by atoms with Crippen molar-refractivity contribution in [1.82, 2.24) is 14.5 Å². The Morgan fingerprint density at radius 1 is 1.21 bits per heavy atom. The molecule has 0 unspecified atom stereocenters. The van der Waals surface area contributed by atoms with E-state index in [4.69, 9.17) is 0 Å². The molecule has 0 radical (unpaired) electrons. The van der Waals surface area contributed by atoms with Gasteiger partial charge in [0.2, 0.25) is 0 Å². The summed E-state index contributed by atoms with van der Waals surface area (Å²) in [6.45, 7) is 4.15. The van der Waals surface area contributed by atoms with E-state index in [1.54, 1.807) is 18.7 Å². The van der Waals surface area contributed by atoms with Gasteiger partial charge < -0.3 is 5.11 Å². The number of aliphatic hydroxyl groups excluding tert-OH is 1. The lowest BCUT2D eigenvalue weighted by atomic mass is 10.1. The summed E-state index contributed by atoms with van der Waals surface area (Å²) in [4.78, 5) is 8.56. The van der Waals surface area contributed by atoms with Crippen molar-refractivity contribution in [2.45, 2.75) is 20.5 Å². The molecule has 0 aliphatic carbocycles. The average Bonchev–Trinajstić information content (AvgIpc) is 2.82. The van der Waals surface area contributed by atoms with Crippen LogP contribution in [0.5, 0.6) is 0 Å². The third-order valence-electron chi connectivity index (χ3n) is 3.48. The van der Waals surface area contributed by atoms with E-state index >= 15 is 0 Å². The smallest absolute Gasteiger partial charge is 0.100 e. The first-order valence-corrected chi connectivity index (χ1v) is 6.19. The first-order valence-electron chi connectivity index (χ1n) is 6.19. The van der Waals surface area contributed by atoms with Crippen LogP contribution in [0.25, 0.3) is 16.7 Å². The van der Waals surface area contributed by atoms with Crippen LogP contribution in [0.1, 0.15) is 16.7 Å². The van der Waals surface area contributed by atoms with E-state index in [2.05, 4.69) is 35.9 Å². The van der Waals surface area contributed by atoms with Gasteiger partial charge in [-0.25, -0.2) is 4.98 Å². The molecule has 4 heteroatoms. The maximum Gasteiger partial charge on any atom is 0.100 e. The lowest BCUT2D eigenvalue weighted by molar-refractivity contribution is 0.281. The van der Waals surface area contributed by atoms with Crippen molar-refractivity contribution in [1.29, 1.82) is 0 Å². The predicted octanol–water partition coefficient (Wildman–Crippen LogP) is 2.53. The van der Waals surface area contributed by atoms with Crippen LogP contribution >= 0.6 is 0 Å². The Balaban J connectivity index is 2.28. The molecule has 4 nitrogen and oxygen atoms in total. The van der Waals surface area contributed by atoms with Crippen molar-refractivity contribution in [2.24, 2.45) is 0 Å². The summed E-state index contributed by atoms with van der Waals surface area (Å²) in [5.41, 5.74) is 6.15. The molecule has 2 heterocycles. The Morgan fingerprint density at radius 2 is 2.00 bits per heavy atom. The van der Waals surface area contributed by atoms with E-state index in [0.717, 1.165) is 22.3 Å². The van der Waals surface area contributed by atoms with Crippen LogP contribution in [0.15, 0.2) is 36.9 Å². The Morgan fingerprint density at radius 3 is 2.79 bits per heavy atom. The normalized spacial score (nSPS) is 11.1. The minimum absolute atomic E-state index is 0.0115. The van der Waals surface area contributed by atoms with Crippen LogP contribution in [0.4, 0.5) is 0 Å². The zero-order valence-electron chi connectivity index (χ0n) is 11.0. The number of hydrogen-bond donors (Lipinski definition) is 1. The lowest BCUT2D eigenvalue weighted by Gasteiger charge is -2.09. The molecular weight excluding hydrogens is 238 g/mol. The number of aryl methyl sites for hydroxylation is 2. The Kier molecular flexibility index (Phi) is 2.80. The van der Waals surface area contributed by atoms with Gasteiger partial charge in [-0.05, 0) is 43.2 Å². The molecule has 0 fully saturated rings. The van der Waals surface area contributed by atoms with E-state index in [1.165, 1.54) is 11.1 Å². The number of benzene rings is 1. The van der Waals surface area contributed by atoms with Gasteiger partial charge in [0.15, 0.2) is 0 Å². The van der Waals surface area contributed by atoms with Gasteiger partial charge >= 0.3 is 0 Å². The molecule has 3 aromatic rings. The minimum Gasteiger partial charge on any atom is -0.392 e. The zero-order valence-corrected chi connectivity index (χ0v) is 11.0. The average molecular weight is 253 g/mol. The summed E-state index contributed by atoms with van der Waals surface area (Å²) in [6, 6.07) is 6.02. The zero-order chi connectivity index (χ0) is 13.4. The fourth-order valence-electron chi connectivity index (χ4n) is 2.22. The van der Waals surface area contributed by atoms with Crippen LogP contribution in [0, 0.1) is 13.8 Å². The van der Waals surface area contributed by atoms with E-state index in [9.17, 15) is 5.11 Å². The molecule has 0 aliphatic heterocycles. The Bertz CT molecular complexity index is 746. The van der Waals surface area contributed by atoms with Crippen LogP contribution in [0.3, 0.4) is 0 Å². The lowest BCUT2D eigenvalue weighted by Crippen LogP contribution is -1.99. The highest BCUT2D eigenvalue weighted by molar-refractivity contribution is 5.79. The molecule has 0 saturated carbocycles. The predicted molar refractivity (Wildman–Crippen MR) is 74.3 cm³/mol. The summed E-state index contributed by atoms with van der Waals surface area (Å²) in [6.07, 6.45) is 5.21. The topological polar surface area (TPSA) is 50.9 Å². The van der Waals surface area contributed by atoms with Gasteiger partial charge in [0.1, 0.15) is 6.33 Å². The molecule has 2 aromatic heterocycles. The number of nitrogens with zero attached hydrogens (tertiary/aromatic N) is 3. The van der Waals surface area contributed by atoms with Crippen LogP contribution in [-0.4, -0.2) is 19.6 Å². The highest BCUT2D eigenvalue weighted by Gasteiger charge is 2.09. The molecule has 0 atom stereocenters. The Hall–Kier alpha value is -2.20.